The number of anilines is 1. The molecule has 1 atom stereocenters. The number of halogens is 1. The summed E-state index contributed by atoms with van der Waals surface area (Å²) in [6, 6.07) is 9.60. The molecule has 0 unspecified atom stereocenters. The van der Waals surface area contributed by atoms with Crippen LogP contribution >= 0.6 is 12.4 Å². The molecular weight excluding hydrogens is 326 g/mol. The molecule has 3 N–H and O–H groups in total. The van der Waals surface area contributed by atoms with Gasteiger partial charge in [-0.3, -0.25) is 4.79 Å². The molecule has 0 aliphatic heterocycles. The molecule has 3 rings (SSSR count). The minimum atomic E-state index is -0.166. The van der Waals surface area contributed by atoms with Crippen LogP contribution in [-0.2, 0) is 12.8 Å². The molecule has 2 aromatic rings. The van der Waals surface area contributed by atoms with Gasteiger partial charge in [-0.2, -0.15) is 0 Å². The van der Waals surface area contributed by atoms with Crippen molar-refractivity contribution in [3.05, 3.63) is 53.2 Å². The minimum absolute atomic E-state index is 0. The fraction of sp³-hybridized carbons (Fsp3) is 0.333. The summed E-state index contributed by atoms with van der Waals surface area (Å²) in [7, 11) is 0. The highest BCUT2D eigenvalue weighted by Crippen LogP contribution is 2.24. The molecule has 0 saturated heterocycles. The van der Waals surface area contributed by atoms with Crippen LogP contribution in [-0.4, -0.2) is 23.5 Å². The Morgan fingerprint density at radius 1 is 1.33 bits per heavy atom. The SMILES string of the molecule is CCOc1cc(C(=O)Nc2ccc3c(c2)CC[C@H](N)C3)ccn1.Cl. The predicted octanol–water partition coefficient (Wildman–Crippen LogP) is 2.97. The monoisotopic (exact) mass is 347 g/mol. The minimum Gasteiger partial charge on any atom is -0.478 e. The number of carbonyl (C=O) groups is 1. The second kappa shape index (κ2) is 8.13. The number of aryl methyl sites for hydroxylation is 1. The summed E-state index contributed by atoms with van der Waals surface area (Å²) in [5.41, 5.74) is 9.89. The largest absolute Gasteiger partial charge is 0.478 e. The van der Waals surface area contributed by atoms with Crippen molar-refractivity contribution in [2.45, 2.75) is 32.2 Å². The van der Waals surface area contributed by atoms with Crippen molar-refractivity contribution in [2.24, 2.45) is 5.73 Å². The molecule has 1 aromatic carbocycles. The van der Waals surface area contributed by atoms with Gasteiger partial charge >= 0.3 is 0 Å². The molecular formula is C18H22ClN3O2. The van der Waals surface area contributed by atoms with E-state index in [2.05, 4.69) is 16.4 Å². The Morgan fingerprint density at radius 3 is 2.96 bits per heavy atom. The second-order valence-corrected chi connectivity index (χ2v) is 5.76. The Balaban J connectivity index is 0.00000208. The molecule has 0 spiro atoms. The zero-order chi connectivity index (χ0) is 16.2. The van der Waals surface area contributed by atoms with Crippen molar-refractivity contribution in [2.75, 3.05) is 11.9 Å². The lowest BCUT2D eigenvalue weighted by molar-refractivity contribution is 0.102. The average Bonchev–Trinajstić information content (AvgIpc) is 2.55. The van der Waals surface area contributed by atoms with Crippen molar-refractivity contribution in [1.82, 2.24) is 4.98 Å². The molecule has 0 radical (unpaired) electrons. The molecule has 1 aliphatic rings. The fourth-order valence-electron chi connectivity index (χ4n) is 2.84. The zero-order valence-electron chi connectivity index (χ0n) is 13.6. The first-order chi connectivity index (χ1) is 11.2. The molecule has 5 nitrogen and oxygen atoms in total. The van der Waals surface area contributed by atoms with Gasteiger partial charge in [0.1, 0.15) is 0 Å². The van der Waals surface area contributed by atoms with E-state index in [9.17, 15) is 4.79 Å². The van der Waals surface area contributed by atoms with Gasteiger partial charge in [-0.25, -0.2) is 4.98 Å². The van der Waals surface area contributed by atoms with E-state index in [4.69, 9.17) is 10.5 Å². The third-order valence-electron chi connectivity index (χ3n) is 4.02. The van der Waals surface area contributed by atoms with E-state index in [1.54, 1.807) is 18.3 Å². The van der Waals surface area contributed by atoms with E-state index in [1.165, 1.54) is 11.1 Å². The van der Waals surface area contributed by atoms with Crippen LogP contribution in [0.4, 0.5) is 5.69 Å². The Morgan fingerprint density at radius 2 is 2.17 bits per heavy atom. The van der Waals surface area contributed by atoms with Gasteiger partial charge in [0, 0.05) is 29.6 Å². The normalized spacial score (nSPS) is 15.8. The Labute approximate surface area is 148 Å². The molecule has 0 bridgehead atoms. The number of fused-ring (bicyclic) bond motifs is 1. The summed E-state index contributed by atoms with van der Waals surface area (Å²) in [5, 5.41) is 2.94. The molecule has 0 fully saturated rings. The molecule has 1 aliphatic carbocycles. The number of carbonyl (C=O) groups excluding carboxylic acids is 1. The van der Waals surface area contributed by atoms with Crippen LogP contribution in [0.1, 0.15) is 34.8 Å². The molecule has 1 aromatic heterocycles. The Kier molecular flexibility index (Phi) is 6.17. The molecule has 128 valence electrons. The number of amides is 1. The highest BCUT2D eigenvalue weighted by molar-refractivity contribution is 6.04. The van der Waals surface area contributed by atoms with E-state index in [0.717, 1.165) is 24.9 Å². The topological polar surface area (TPSA) is 77.2 Å². The number of hydrogen-bond donors (Lipinski definition) is 2. The standard InChI is InChI=1S/C18H21N3O2.ClH/c1-2-23-17-11-14(7-8-20-17)18(22)21-16-6-4-12-9-15(19)5-3-13(12)10-16;/h4,6-8,10-11,15H,2-3,5,9,19H2,1H3,(H,21,22);1H/t15-;/m0./s1. The summed E-state index contributed by atoms with van der Waals surface area (Å²) >= 11 is 0. The number of nitrogens with zero attached hydrogens (tertiary/aromatic N) is 1. The first-order valence-corrected chi connectivity index (χ1v) is 7.93. The van der Waals surface area contributed by atoms with Crippen molar-refractivity contribution >= 4 is 24.0 Å². The number of benzene rings is 1. The van der Waals surface area contributed by atoms with Gasteiger partial charge in [0.25, 0.3) is 5.91 Å². The molecule has 1 amide bonds. The number of hydrogen-bond acceptors (Lipinski definition) is 4. The smallest absolute Gasteiger partial charge is 0.255 e. The van der Waals surface area contributed by atoms with Gasteiger partial charge in [-0.05, 0) is 55.5 Å². The van der Waals surface area contributed by atoms with Crippen LogP contribution in [0.3, 0.4) is 0 Å². The lowest BCUT2D eigenvalue weighted by Gasteiger charge is -2.22. The fourth-order valence-corrected chi connectivity index (χ4v) is 2.84. The van der Waals surface area contributed by atoms with Gasteiger partial charge in [-0.1, -0.05) is 6.07 Å². The van der Waals surface area contributed by atoms with E-state index >= 15 is 0 Å². The van der Waals surface area contributed by atoms with E-state index in [0.29, 0.717) is 18.1 Å². The summed E-state index contributed by atoms with van der Waals surface area (Å²) in [6.45, 7) is 2.40. The number of pyridine rings is 1. The third kappa shape index (κ3) is 4.24. The van der Waals surface area contributed by atoms with Crippen LogP contribution in [0.5, 0.6) is 5.88 Å². The zero-order valence-corrected chi connectivity index (χ0v) is 14.4. The van der Waals surface area contributed by atoms with E-state index < -0.39 is 0 Å². The predicted molar refractivity (Wildman–Crippen MR) is 97.0 cm³/mol. The summed E-state index contributed by atoms with van der Waals surface area (Å²) in [6.07, 6.45) is 4.44. The summed E-state index contributed by atoms with van der Waals surface area (Å²) < 4.78 is 5.33. The third-order valence-corrected chi connectivity index (χ3v) is 4.02. The Bertz CT molecular complexity index is 721. The molecule has 0 saturated carbocycles. The average molecular weight is 348 g/mol. The van der Waals surface area contributed by atoms with E-state index in [-0.39, 0.29) is 24.4 Å². The number of nitrogens with two attached hydrogens (primary N) is 1. The maximum absolute atomic E-state index is 12.4. The second-order valence-electron chi connectivity index (χ2n) is 5.76. The van der Waals surface area contributed by atoms with Crippen LogP contribution in [0, 0.1) is 0 Å². The molecule has 1 heterocycles. The van der Waals surface area contributed by atoms with Gasteiger partial charge < -0.3 is 15.8 Å². The number of aromatic nitrogens is 1. The highest BCUT2D eigenvalue weighted by atomic mass is 35.5. The number of nitrogens with one attached hydrogen (secondary N) is 1. The van der Waals surface area contributed by atoms with Crippen LogP contribution in [0.2, 0.25) is 0 Å². The van der Waals surface area contributed by atoms with Crippen molar-refractivity contribution in [1.29, 1.82) is 0 Å². The lowest BCUT2D eigenvalue weighted by Crippen LogP contribution is -2.27. The van der Waals surface area contributed by atoms with Crippen LogP contribution in [0.25, 0.3) is 0 Å². The van der Waals surface area contributed by atoms with Gasteiger partial charge in [0.2, 0.25) is 5.88 Å². The maximum Gasteiger partial charge on any atom is 0.255 e. The molecule has 6 heteroatoms. The molecule has 24 heavy (non-hydrogen) atoms. The van der Waals surface area contributed by atoms with Gasteiger partial charge in [0.05, 0.1) is 6.61 Å². The van der Waals surface area contributed by atoms with Gasteiger partial charge in [0.15, 0.2) is 0 Å². The quantitative estimate of drug-likeness (QED) is 0.891. The van der Waals surface area contributed by atoms with Gasteiger partial charge in [-0.15, -0.1) is 12.4 Å². The van der Waals surface area contributed by atoms with Crippen molar-refractivity contribution < 1.29 is 9.53 Å². The summed E-state index contributed by atoms with van der Waals surface area (Å²) in [4.78, 5) is 16.4. The number of rotatable bonds is 4. The van der Waals surface area contributed by atoms with Crippen molar-refractivity contribution in [3.8, 4) is 5.88 Å². The van der Waals surface area contributed by atoms with Crippen LogP contribution < -0.4 is 15.8 Å². The lowest BCUT2D eigenvalue weighted by atomic mass is 9.88. The summed E-state index contributed by atoms with van der Waals surface area (Å²) in [5.74, 6) is 0.292. The first kappa shape index (κ1) is 18.2. The highest BCUT2D eigenvalue weighted by Gasteiger charge is 2.16. The van der Waals surface area contributed by atoms with Crippen molar-refractivity contribution in [3.63, 3.8) is 0 Å². The maximum atomic E-state index is 12.4. The Hall–Kier alpha value is -2.11. The number of ether oxygens (including phenoxy) is 1. The first-order valence-electron chi connectivity index (χ1n) is 7.93. The van der Waals surface area contributed by atoms with E-state index in [1.807, 2.05) is 19.1 Å². The van der Waals surface area contributed by atoms with Crippen LogP contribution in [0.15, 0.2) is 36.5 Å².